The first kappa shape index (κ1) is 12.4. The molecule has 0 saturated carbocycles. The van der Waals surface area contributed by atoms with Gasteiger partial charge in [0.2, 0.25) is 0 Å². The van der Waals surface area contributed by atoms with E-state index in [9.17, 15) is 0 Å². The highest BCUT2D eigenvalue weighted by Crippen LogP contribution is 2.14. The summed E-state index contributed by atoms with van der Waals surface area (Å²) in [5.41, 5.74) is 1.31. The molecule has 1 aromatic rings. The molecule has 1 aliphatic heterocycles. The summed E-state index contributed by atoms with van der Waals surface area (Å²) >= 11 is 0. The zero-order valence-electron chi connectivity index (χ0n) is 10.6. The van der Waals surface area contributed by atoms with E-state index in [-0.39, 0.29) is 0 Å². The predicted octanol–water partition coefficient (Wildman–Crippen LogP) is 1.65. The molecule has 0 unspecified atom stereocenters. The molecule has 3 nitrogen and oxygen atoms in total. The molecule has 17 heavy (non-hydrogen) atoms. The number of piperazine rings is 1. The Morgan fingerprint density at radius 3 is 2.53 bits per heavy atom. The average molecular weight is 233 g/mol. The largest absolute Gasteiger partial charge is 0.380 e. The molecule has 93 valence electrons. The Morgan fingerprint density at radius 1 is 1.18 bits per heavy atom. The predicted molar refractivity (Wildman–Crippen MR) is 70.4 cm³/mol. The molecule has 1 saturated heterocycles. The maximum Gasteiger partial charge on any atom is 0.0593 e. The molecule has 0 bridgehead atoms. The average Bonchev–Trinajstić information content (AvgIpc) is 2.41. The molecule has 0 aliphatic carbocycles. The van der Waals surface area contributed by atoms with Gasteiger partial charge in [0.1, 0.15) is 0 Å². The highest BCUT2D eigenvalue weighted by atomic mass is 16.5. The van der Waals surface area contributed by atoms with Gasteiger partial charge in [-0.05, 0) is 25.1 Å². The second kappa shape index (κ2) is 6.62. The summed E-state index contributed by atoms with van der Waals surface area (Å²) in [6.45, 7) is 9.26. The van der Waals surface area contributed by atoms with Gasteiger partial charge in [-0.2, -0.15) is 0 Å². The van der Waals surface area contributed by atoms with Crippen molar-refractivity contribution in [1.82, 2.24) is 4.90 Å². The monoisotopic (exact) mass is 233 g/mol. The zero-order chi connectivity index (χ0) is 11.9. The minimum Gasteiger partial charge on any atom is -0.380 e. The number of hydrogen-bond acceptors (Lipinski definition) is 3. The van der Waals surface area contributed by atoms with Crippen molar-refractivity contribution in [3.63, 3.8) is 0 Å². The molecular weight excluding hydrogens is 212 g/mol. The van der Waals surface area contributed by atoms with Gasteiger partial charge in [-0.1, -0.05) is 12.1 Å². The van der Waals surface area contributed by atoms with Gasteiger partial charge in [0.15, 0.2) is 0 Å². The number of nitrogens with zero attached hydrogens (tertiary/aromatic N) is 2. The SMILES string of the molecule is CCOCCN1CCN(c2cc[c]cc2)CC1. The van der Waals surface area contributed by atoms with Crippen LogP contribution in [0.3, 0.4) is 0 Å². The van der Waals surface area contributed by atoms with Crippen molar-refractivity contribution in [2.24, 2.45) is 0 Å². The third-order valence-electron chi connectivity index (χ3n) is 3.19. The normalized spacial score (nSPS) is 17.4. The summed E-state index contributed by atoms with van der Waals surface area (Å²) in [6.07, 6.45) is 0. The molecule has 0 spiro atoms. The molecule has 0 atom stereocenters. The van der Waals surface area contributed by atoms with Crippen LogP contribution in [0.4, 0.5) is 5.69 Å². The third-order valence-corrected chi connectivity index (χ3v) is 3.19. The van der Waals surface area contributed by atoms with Gasteiger partial charge in [0.05, 0.1) is 6.61 Å². The first-order chi connectivity index (χ1) is 8.40. The lowest BCUT2D eigenvalue weighted by Crippen LogP contribution is -2.47. The van der Waals surface area contributed by atoms with Gasteiger partial charge in [-0.3, -0.25) is 4.90 Å². The molecule has 1 radical (unpaired) electrons. The van der Waals surface area contributed by atoms with Crippen LogP contribution >= 0.6 is 0 Å². The number of benzene rings is 1. The van der Waals surface area contributed by atoms with Crippen LogP contribution in [-0.2, 0) is 4.74 Å². The molecule has 2 rings (SSSR count). The van der Waals surface area contributed by atoms with E-state index in [4.69, 9.17) is 4.74 Å². The molecule has 0 aromatic heterocycles. The maximum absolute atomic E-state index is 5.39. The molecule has 3 heteroatoms. The van der Waals surface area contributed by atoms with E-state index in [1.165, 1.54) is 5.69 Å². The summed E-state index contributed by atoms with van der Waals surface area (Å²) in [4.78, 5) is 4.91. The smallest absolute Gasteiger partial charge is 0.0593 e. The van der Waals surface area contributed by atoms with Crippen LogP contribution in [-0.4, -0.2) is 50.8 Å². The van der Waals surface area contributed by atoms with Crippen molar-refractivity contribution in [1.29, 1.82) is 0 Å². The lowest BCUT2D eigenvalue weighted by molar-refractivity contribution is 0.111. The van der Waals surface area contributed by atoms with Crippen LogP contribution in [0.2, 0.25) is 0 Å². The Morgan fingerprint density at radius 2 is 1.88 bits per heavy atom. The van der Waals surface area contributed by atoms with Gasteiger partial charge in [0, 0.05) is 45.0 Å². The van der Waals surface area contributed by atoms with Gasteiger partial charge in [-0.15, -0.1) is 0 Å². The van der Waals surface area contributed by atoms with Gasteiger partial charge >= 0.3 is 0 Å². The van der Waals surface area contributed by atoms with Crippen molar-refractivity contribution in [2.45, 2.75) is 6.92 Å². The van der Waals surface area contributed by atoms with Crippen LogP contribution in [0.5, 0.6) is 0 Å². The van der Waals surface area contributed by atoms with Crippen molar-refractivity contribution >= 4 is 5.69 Å². The standard InChI is InChI=1S/C14H21N2O/c1-2-17-13-12-15-8-10-16(11-9-15)14-6-4-3-5-7-14/h4-7H,2,8-13H2,1H3. The lowest BCUT2D eigenvalue weighted by atomic mass is 10.2. The number of hydrogen-bond donors (Lipinski definition) is 0. The first-order valence-corrected chi connectivity index (χ1v) is 6.41. The molecule has 1 aliphatic rings. The third kappa shape index (κ3) is 3.72. The summed E-state index contributed by atoms with van der Waals surface area (Å²) in [6, 6.07) is 11.3. The topological polar surface area (TPSA) is 15.7 Å². The quantitative estimate of drug-likeness (QED) is 0.719. The second-order valence-electron chi connectivity index (χ2n) is 4.28. The Kier molecular flexibility index (Phi) is 4.83. The molecule has 1 aromatic carbocycles. The summed E-state index contributed by atoms with van der Waals surface area (Å²) in [5, 5.41) is 0. The first-order valence-electron chi connectivity index (χ1n) is 6.41. The van der Waals surface area contributed by atoms with E-state index < -0.39 is 0 Å². The van der Waals surface area contributed by atoms with E-state index >= 15 is 0 Å². The van der Waals surface area contributed by atoms with Crippen molar-refractivity contribution in [3.8, 4) is 0 Å². The summed E-state index contributed by atoms with van der Waals surface area (Å²) in [5.74, 6) is 0. The Balaban J connectivity index is 1.74. The summed E-state index contributed by atoms with van der Waals surface area (Å²) < 4.78 is 5.39. The number of anilines is 1. The van der Waals surface area contributed by atoms with Crippen LogP contribution in [0, 0.1) is 6.07 Å². The maximum atomic E-state index is 5.39. The minimum absolute atomic E-state index is 0.820. The Labute approximate surface area is 104 Å². The van der Waals surface area contributed by atoms with Crippen LogP contribution in [0.1, 0.15) is 6.92 Å². The fourth-order valence-electron chi connectivity index (χ4n) is 2.16. The van der Waals surface area contributed by atoms with Crippen molar-refractivity contribution in [3.05, 3.63) is 30.3 Å². The van der Waals surface area contributed by atoms with E-state index in [0.29, 0.717) is 0 Å². The minimum atomic E-state index is 0.820. The molecule has 0 amide bonds. The van der Waals surface area contributed by atoms with Gasteiger partial charge in [-0.25, -0.2) is 0 Å². The van der Waals surface area contributed by atoms with E-state index in [1.54, 1.807) is 0 Å². The van der Waals surface area contributed by atoms with Gasteiger partial charge < -0.3 is 9.64 Å². The molecule has 1 heterocycles. The van der Waals surface area contributed by atoms with E-state index in [0.717, 1.165) is 45.9 Å². The van der Waals surface area contributed by atoms with E-state index in [2.05, 4.69) is 28.0 Å². The molecular formula is C14H21N2O. The van der Waals surface area contributed by atoms with Crippen LogP contribution in [0.15, 0.2) is 24.3 Å². The molecule has 0 N–H and O–H groups in total. The van der Waals surface area contributed by atoms with Crippen molar-refractivity contribution in [2.75, 3.05) is 50.8 Å². The highest BCUT2D eigenvalue weighted by molar-refractivity contribution is 5.46. The molecule has 1 fully saturated rings. The van der Waals surface area contributed by atoms with Crippen LogP contribution < -0.4 is 4.90 Å². The number of rotatable bonds is 5. The Bertz CT molecular complexity index is 307. The lowest BCUT2D eigenvalue weighted by Gasteiger charge is -2.36. The number of ether oxygens (including phenoxy) is 1. The zero-order valence-corrected chi connectivity index (χ0v) is 10.6. The second-order valence-corrected chi connectivity index (χ2v) is 4.28. The summed E-state index contributed by atoms with van der Waals surface area (Å²) in [7, 11) is 0. The van der Waals surface area contributed by atoms with E-state index in [1.807, 2.05) is 19.1 Å². The Hall–Kier alpha value is -1.06. The highest BCUT2D eigenvalue weighted by Gasteiger charge is 2.16. The van der Waals surface area contributed by atoms with Crippen molar-refractivity contribution < 1.29 is 4.74 Å². The fourth-order valence-corrected chi connectivity index (χ4v) is 2.16. The van der Waals surface area contributed by atoms with Crippen LogP contribution in [0.25, 0.3) is 0 Å². The fraction of sp³-hybridized carbons (Fsp3) is 0.571. The van der Waals surface area contributed by atoms with Gasteiger partial charge in [0.25, 0.3) is 0 Å².